The maximum atomic E-state index is 12.1. The van der Waals surface area contributed by atoms with Crippen molar-refractivity contribution in [2.75, 3.05) is 13.1 Å². The number of benzene rings is 1. The highest BCUT2D eigenvalue weighted by Gasteiger charge is 2.21. The van der Waals surface area contributed by atoms with Crippen molar-refractivity contribution < 1.29 is 9.59 Å². The Kier molecular flexibility index (Phi) is 4.53. The molecule has 114 valence electrons. The van der Waals surface area contributed by atoms with Gasteiger partial charge in [0.2, 0.25) is 5.91 Å². The molecule has 1 fully saturated rings. The summed E-state index contributed by atoms with van der Waals surface area (Å²) in [5.41, 5.74) is 2.67. The average molecular weight is 314 g/mol. The topological polar surface area (TPSA) is 58.2 Å². The van der Waals surface area contributed by atoms with Gasteiger partial charge in [0.15, 0.2) is 0 Å². The van der Waals surface area contributed by atoms with E-state index in [1.807, 2.05) is 35.0 Å². The minimum atomic E-state index is -0.223. The van der Waals surface area contributed by atoms with Gasteiger partial charge in [0.05, 0.1) is 6.54 Å². The number of carbonyl (C=O) groups is 2. The molecule has 1 heterocycles. The Morgan fingerprint density at radius 1 is 1.14 bits per heavy atom. The molecule has 0 aliphatic heterocycles. The first kappa shape index (κ1) is 14.8. The van der Waals surface area contributed by atoms with Gasteiger partial charge >= 0.3 is 0 Å². The van der Waals surface area contributed by atoms with Crippen molar-refractivity contribution >= 4 is 23.2 Å². The number of hydrogen-bond acceptors (Lipinski definition) is 3. The van der Waals surface area contributed by atoms with E-state index in [1.54, 1.807) is 17.4 Å². The maximum Gasteiger partial charge on any atom is 0.251 e. The SMILES string of the molecule is O=C(CNC(=O)c1cccc(-c2ccsc2)c1)NCC1CC1. The van der Waals surface area contributed by atoms with Crippen LogP contribution in [0.4, 0.5) is 0 Å². The van der Waals surface area contributed by atoms with Gasteiger partial charge in [-0.15, -0.1) is 0 Å². The van der Waals surface area contributed by atoms with Gasteiger partial charge in [0, 0.05) is 12.1 Å². The van der Waals surface area contributed by atoms with Gasteiger partial charge in [-0.2, -0.15) is 11.3 Å². The number of amides is 2. The lowest BCUT2D eigenvalue weighted by Crippen LogP contribution is -2.37. The molecule has 1 aromatic carbocycles. The molecule has 2 amide bonds. The van der Waals surface area contributed by atoms with Gasteiger partial charge < -0.3 is 10.6 Å². The highest BCUT2D eigenvalue weighted by atomic mass is 32.1. The maximum absolute atomic E-state index is 12.1. The predicted octanol–water partition coefficient (Wildman–Crippen LogP) is 2.67. The third-order valence-corrected chi connectivity index (χ3v) is 4.36. The summed E-state index contributed by atoms with van der Waals surface area (Å²) in [6, 6.07) is 9.45. The van der Waals surface area contributed by atoms with Crippen molar-refractivity contribution in [2.45, 2.75) is 12.8 Å². The molecule has 0 radical (unpaired) electrons. The van der Waals surface area contributed by atoms with Crippen molar-refractivity contribution in [2.24, 2.45) is 5.92 Å². The van der Waals surface area contributed by atoms with Gasteiger partial charge in [-0.3, -0.25) is 9.59 Å². The molecular formula is C17H18N2O2S. The van der Waals surface area contributed by atoms with Crippen LogP contribution in [-0.4, -0.2) is 24.9 Å². The summed E-state index contributed by atoms with van der Waals surface area (Å²) in [6.45, 7) is 0.747. The van der Waals surface area contributed by atoms with E-state index in [4.69, 9.17) is 0 Å². The molecule has 1 aromatic heterocycles. The van der Waals surface area contributed by atoms with Crippen LogP contribution >= 0.6 is 11.3 Å². The molecular weight excluding hydrogens is 296 g/mol. The molecule has 2 N–H and O–H groups in total. The van der Waals surface area contributed by atoms with E-state index in [-0.39, 0.29) is 18.4 Å². The summed E-state index contributed by atoms with van der Waals surface area (Å²) in [5.74, 6) is 0.287. The fraction of sp³-hybridized carbons (Fsp3) is 0.294. The lowest BCUT2D eigenvalue weighted by Gasteiger charge is -2.07. The van der Waals surface area contributed by atoms with Crippen LogP contribution in [0.3, 0.4) is 0 Å². The molecule has 2 aromatic rings. The van der Waals surface area contributed by atoms with E-state index in [0.717, 1.165) is 17.7 Å². The Balaban J connectivity index is 1.55. The summed E-state index contributed by atoms with van der Waals surface area (Å²) in [7, 11) is 0. The van der Waals surface area contributed by atoms with E-state index in [1.165, 1.54) is 12.8 Å². The zero-order valence-electron chi connectivity index (χ0n) is 12.2. The highest BCUT2D eigenvalue weighted by molar-refractivity contribution is 7.08. The minimum Gasteiger partial charge on any atom is -0.354 e. The van der Waals surface area contributed by atoms with Gasteiger partial charge in [0.25, 0.3) is 5.91 Å². The van der Waals surface area contributed by atoms with Crippen LogP contribution in [0.1, 0.15) is 23.2 Å². The number of thiophene rings is 1. The molecule has 5 heteroatoms. The monoisotopic (exact) mass is 314 g/mol. The van der Waals surface area contributed by atoms with Crippen LogP contribution < -0.4 is 10.6 Å². The second-order valence-electron chi connectivity index (χ2n) is 5.52. The Morgan fingerprint density at radius 2 is 2.00 bits per heavy atom. The van der Waals surface area contributed by atoms with E-state index in [2.05, 4.69) is 10.6 Å². The first-order valence-corrected chi connectivity index (χ1v) is 8.34. The average Bonchev–Trinajstić information content (AvgIpc) is 3.22. The first-order valence-electron chi connectivity index (χ1n) is 7.40. The van der Waals surface area contributed by atoms with Crippen LogP contribution in [0.15, 0.2) is 41.1 Å². The van der Waals surface area contributed by atoms with Crippen LogP contribution in [-0.2, 0) is 4.79 Å². The molecule has 1 aliphatic rings. The lowest BCUT2D eigenvalue weighted by molar-refractivity contribution is -0.120. The van der Waals surface area contributed by atoms with E-state index >= 15 is 0 Å². The summed E-state index contributed by atoms with van der Waals surface area (Å²) in [4.78, 5) is 23.8. The fourth-order valence-corrected chi connectivity index (χ4v) is 2.84. The number of hydrogen-bond donors (Lipinski definition) is 2. The molecule has 0 unspecified atom stereocenters. The van der Waals surface area contributed by atoms with E-state index in [0.29, 0.717) is 11.5 Å². The smallest absolute Gasteiger partial charge is 0.251 e. The van der Waals surface area contributed by atoms with Crippen LogP contribution in [0.2, 0.25) is 0 Å². The number of rotatable bonds is 6. The van der Waals surface area contributed by atoms with Crippen LogP contribution in [0.5, 0.6) is 0 Å². The molecule has 0 bridgehead atoms. The summed E-state index contributed by atoms with van der Waals surface area (Å²) in [6.07, 6.45) is 2.39. The largest absolute Gasteiger partial charge is 0.354 e. The van der Waals surface area contributed by atoms with Gasteiger partial charge in [-0.05, 0) is 58.8 Å². The third-order valence-electron chi connectivity index (χ3n) is 3.67. The summed E-state index contributed by atoms with van der Waals surface area (Å²) in [5, 5.41) is 9.55. The molecule has 4 nitrogen and oxygen atoms in total. The molecule has 0 atom stereocenters. The third kappa shape index (κ3) is 3.95. The van der Waals surface area contributed by atoms with Gasteiger partial charge in [-0.1, -0.05) is 12.1 Å². The van der Waals surface area contributed by atoms with Crippen molar-refractivity contribution in [1.82, 2.24) is 10.6 Å². The summed E-state index contributed by atoms with van der Waals surface area (Å²) >= 11 is 1.62. The molecule has 22 heavy (non-hydrogen) atoms. The second-order valence-corrected chi connectivity index (χ2v) is 6.30. The van der Waals surface area contributed by atoms with Crippen molar-refractivity contribution in [3.05, 3.63) is 46.7 Å². The summed E-state index contributed by atoms with van der Waals surface area (Å²) < 4.78 is 0. The molecule has 0 spiro atoms. The zero-order chi connectivity index (χ0) is 15.4. The molecule has 0 saturated heterocycles. The Hall–Kier alpha value is -2.14. The number of nitrogens with one attached hydrogen (secondary N) is 2. The van der Waals surface area contributed by atoms with Gasteiger partial charge in [0.1, 0.15) is 0 Å². The van der Waals surface area contributed by atoms with E-state index < -0.39 is 0 Å². The quantitative estimate of drug-likeness (QED) is 0.861. The number of carbonyl (C=O) groups excluding carboxylic acids is 2. The Bertz CT molecular complexity index is 663. The normalized spacial score (nSPS) is 13.6. The lowest BCUT2D eigenvalue weighted by atomic mass is 10.1. The highest BCUT2D eigenvalue weighted by Crippen LogP contribution is 2.27. The molecule has 1 saturated carbocycles. The van der Waals surface area contributed by atoms with E-state index in [9.17, 15) is 9.59 Å². The first-order chi connectivity index (χ1) is 10.7. The second kappa shape index (κ2) is 6.75. The predicted molar refractivity (Wildman–Crippen MR) is 87.8 cm³/mol. The fourth-order valence-electron chi connectivity index (χ4n) is 2.17. The Labute approximate surface area is 133 Å². The molecule has 1 aliphatic carbocycles. The standard InChI is InChI=1S/C17H18N2O2S/c20-16(18-9-12-4-5-12)10-19-17(21)14-3-1-2-13(8-14)15-6-7-22-11-15/h1-3,6-8,11-12H,4-5,9-10H2,(H,18,20)(H,19,21). The van der Waals surface area contributed by atoms with Crippen molar-refractivity contribution in [1.29, 1.82) is 0 Å². The minimum absolute atomic E-state index is 0.0221. The van der Waals surface area contributed by atoms with Crippen molar-refractivity contribution in [3.63, 3.8) is 0 Å². The van der Waals surface area contributed by atoms with Crippen molar-refractivity contribution in [3.8, 4) is 11.1 Å². The van der Waals surface area contributed by atoms with Crippen LogP contribution in [0.25, 0.3) is 11.1 Å². The zero-order valence-corrected chi connectivity index (χ0v) is 13.0. The molecule has 3 rings (SSSR count). The Morgan fingerprint density at radius 3 is 2.73 bits per heavy atom. The van der Waals surface area contributed by atoms with Gasteiger partial charge in [-0.25, -0.2) is 0 Å². The van der Waals surface area contributed by atoms with Crippen LogP contribution in [0, 0.1) is 5.92 Å².